The molecule has 2 nitrogen and oxygen atoms in total. The maximum Gasteiger partial charge on any atom is 0.164 e. The molecule has 2 heteroatoms. The summed E-state index contributed by atoms with van der Waals surface area (Å²) in [5.41, 5.74) is 0. The molecule has 0 amide bonds. The summed E-state index contributed by atoms with van der Waals surface area (Å²) in [6.07, 6.45) is 0.200. The van der Waals surface area contributed by atoms with Crippen LogP contribution < -0.4 is 0 Å². The molecule has 0 saturated heterocycles. The molecule has 0 rings (SSSR count). The van der Waals surface area contributed by atoms with Crippen molar-refractivity contribution in [3.63, 3.8) is 0 Å². The molecule has 0 heterocycles. The van der Waals surface area contributed by atoms with E-state index in [-0.39, 0.29) is 5.78 Å². The van der Waals surface area contributed by atoms with Gasteiger partial charge in [-0.15, -0.1) is 0 Å². The topological polar surface area (TPSA) is 37.0 Å². The van der Waals surface area contributed by atoms with Crippen molar-refractivity contribution in [2.24, 2.45) is 0 Å². The summed E-state index contributed by atoms with van der Waals surface area (Å²) in [5, 5.41) is 10.3. The predicted molar refractivity (Wildman–Crippen MR) is 30.1 cm³/mol. The first-order valence-electron chi connectivity index (χ1n) is 2.87. The van der Waals surface area contributed by atoms with Gasteiger partial charge >= 0.3 is 0 Å². The van der Waals surface area contributed by atoms with Crippen molar-refractivity contribution < 1.29 is 9.90 Å². The predicted octanol–water partition coefficient (Wildman–Crippen LogP) is 1.17. The smallest absolute Gasteiger partial charge is 0.164 e. The lowest BCUT2D eigenvalue weighted by molar-refractivity contribution is -0.129. The van der Waals surface area contributed by atoms with Crippen LogP contribution >= 0.6 is 0 Å². The molecule has 1 atom stereocenters. The lowest BCUT2D eigenvalue weighted by Crippen LogP contribution is -2.13. The summed E-state index contributed by atoms with van der Waals surface area (Å²) in [5.74, 6) is -0.174. The average Bonchev–Trinajstić information content (AvgIpc) is 1.67. The van der Waals surface area contributed by atoms with Gasteiger partial charge in [-0.1, -0.05) is 6.92 Å². The van der Waals surface area contributed by atoms with Gasteiger partial charge in [-0.2, -0.15) is 0 Å². The van der Waals surface area contributed by atoms with Gasteiger partial charge in [0.1, 0.15) is 6.10 Å². The van der Waals surface area contributed by atoms with Crippen LogP contribution in [0.15, 0.2) is 0 Å². The van der Waals surface area contributed by atoms with Gasteiger partial charge in [0.05, 0.1) is 0 Å². The molecule has 0 bridgehead atoms. The quantitative estimate of drug-likeness (QED) is 0.544. The summed E-state index contributed by atoms with van der Waals surface area (Å²) in [7, 11) is 0. The van der Waals surface area contributed by atoms with E-state index in [0.717, 1.165) is 6.42 Å². The lowest BCUT2D eigenvalue weighted by Gasteiger charge is -1.95. The zero-order valence-corrected chi connectivity index (χ0v) is 5.31. The summed E-state index contributed by atoms with van der Waals surface area (Å²) < 4.78 is 0. The monoisotopic (exact) mass is 115 g/mol. The Balaban J connectivity index is 3.33. The minimum Gasteiger partial charge on any atom is -0.297 e. The average molecular weight is 115 g/mol. The fraction of sp³-hybridized carbons (Fsp3) is 0.833. The second-order valence-corrected chi connectivity index (χ2v) is 1.86. The van der Waals surface area contributed by atoms with Crippen LogP contribution in [0.1, 0.15) is 26.7 Å². The molecule has 0 aromatic heterocycles. The zero-order chi connectivity index (χ0) is 6.57. The Morgan fingerprint density at radius 3 is 2.25 bits per heavy atom. The number of Topliss-reactive ketones (excluding diaryl/α,β-unsaturated/α-hetero) is 1. The maximum absolute atomic E-state index is 10.4. The van der Waals surface area contributed by atoms with Gasteiger partial charge in [-0.05, 0) is 13.3 Å². The number of hydrogen-bond donors (Lipinski definition) is 0. The van der Waals surface area contributed by atoms with Crippen molar-refractivity contribution in [3.8, 4) is 0 Å². The molecule has 0 aliphatic heterocycles. The highest BCUT2D eigenvalue weighted by Crippen LogP contribution is 1.93. The molecule has 0 saturated carbocycles. The van der Waals surface area contributed by atoms with Crippen LogP contribution in [-0.4, -0.2) is 11.9 Å². The molecule has 0 fully saturated rings. The highest BCUT2D eigenvalue weighted by molar-refractivity contribution is 5.82. The van der Waals surface area contributed by atoms with Gasteiger partial charge < -0.3 is 0 Å². The number of hydrogen-bond acceptors (Lipinski definition) is 1. The first kappa shape index (κ1) is 7.63. The van der Waals surface area contributed by atoms with Crippen LogP contribution in [0.25, 0.3) is 0 Å². The Hall–Kier alpha value is -0.370. The minimum absolute atomic E-state index is 0.174. The van der Waals surface area contributed by atoms with Crippen molar-refractivity contribution >= 4 is 5.78 Å². The van der Waals surface area contributed by atoms with Crippen molar-refractivity contribution in [2.45, 2.75) is 32.8 Å². The number of carbonyl (C=O) groups excluding carboxylic acids is 1. The Morgan fingerprint density at radius 2 is 2.12 bits per heavy atom. The zero-order valence-electron chi connectivity index (χ0n) is 5.31. The Bertz CT molecular complexity index is 76.6. The van der Waals surface area contributed by atoms with E-state index in [1.807, 2.05) is 6.92 Å². The van der Waals surface area contributed by atoms with Crippen LogP contribution in [0, 0.1) is 0 Å². The van der Waals surface area contributed by atoms with Gasteiger partial charge in [-0.25, -0.2) is 5.11 Å². The van der Waals surface area contributed by atoms with Crippen molar-refractivity contribution in [1.29, 1.82) is 0 Å². The molecule has 0 N–H and O–H groups in total. The highest BCUT2D eigenvalue weighted by Gasteiger charge is 2.07. The standard InChI is InChI=1S/C6H11O2/c1-3-4-6(8)5(2)7/h5H,3-4H2,1-2H3. The molecule has 47 valence electrons. The summed E-state index contributed by atoms with van der Waals surface area (Å²) in [6, 6.07) is 0. The molecule has 0 spiro atoms. The SMILES string of the molecule is CCCC(=O)C(C)[O]. The second-order valence-electron chi connectivity index (χ2n) is 1.86. The third kappa shape index (κ3) is 2.75. The maximum atomic E-state index is 10.4. The first-order chi connectivity index (χ1) is 3.68. The molecule has 8 heavy (non-hydrogen) atoms. The van der Waals surface area contributed by atoms with Crippen LogP contribution in [0.2, 0.25) is 0 Å². The Labute approximate surface area is 49.5 Å². The summed E-state index contributed by atoms with van der Waals surface area (Å²) in [4.78, 5) is 10.4. The van der Waals surface area contributed by atoms with Crippen LogP contribution in [-0.2, 0) is 9.90 Å². The van der Waals surface area contributed by atoms with Crippen molar-refractivity contribution in [3.05, 3.63) is 0 Å². The van der Waals surface area contributed by atoms with Gasteiger partial charge in [-0.3, -0.25) is 4.79 Å². The number of rotatable bonds is 3. The molecule has 0 aliphatic rings. The largest absolute Gasteiger partial charge is 0.297 e. The van der Waals surface area contributed by atoms with E-state index in [1.54, 1.807) is 0 Å². The Kier molecular flexibility index (Phi) is 3.44. The molecular formula is C6H11O2. The second kappa shape index (κ2) is 3.61. The van der Waals surface area contributed by atoms with Crippen molar-refractivity contribution in [2.75, 3.05) is 0 Å². The van der Waals surface area contributed by atoms with Gasteiger partial charge in [0.25, 0.3) is 0 Å². The number of ketones is 1. The van der Waals surface area contributed by atoms with E-state index in [0.29, 0.717) is 6.42 Å². The van der Waals surface area contributed by atoms with Gasteiger partial charge in [0, 0.05) is 6.42 Å². The molecule has 0 aromatic rings. The normalized spacial score (nSPS) is 13.4. The molecule has 1 unspecified atom stereocenters. The first-order valence-corrected chi connectivity index (χ1v) is 2.87. The third-order valence-electron chi connectivity index (χ3n) is 0.950. The van der Waals surface area contributed by atoms with Gasteiger partial charge in [0.15, 0.2) is 5.78 Å². The van der Waals surface area contributed by atoms with E-state index >= 15 is 0 Å². The summed E-state index contributed by atoms with van der Waals surface area (Å²) in [6.45, 7) is 3.28. The summed E-state index contributed by atoms with van der Waals surface area (Å²) >= 11 is 0. The van der Waals surface area contributed by atoms with E-state index in [2.05, 4.69) is 0 Å². The van der Waals surface area contributed by atoms with E-state index in [9.17, 15) is 9.90 Å². The fourth-order valence-corrected chi connectivity index (χ4v) is 0.450. The molecule has 1 radical (unpaired) electrons. The minimum atomic E-state index is -1.02. The highest BCUT2D eigenvalue weighted by atomic mass is 16.3. The molecule has 0 aliphatic carbocycles. The lowest BCUT2D eigenvalue weighted by atomic mass is 10.2. The molecular weight excluding hydrogens is 104 g/mol. The van der Waals surface area contributed by atoms with Gasteiger partial charge in [0.2, 0.25) is 0 Å². The van der Waals surface area contributed by atoms with Crippen LogP contribution in [0.5, 0.6) is 0 Å². The van der Waals surface area contributed by atoms with Crippen LogP contribution in [0.3, 0.4) is 0 Å². The van der Waals surface area contributed by atoms with E-state index in [4.69, 9.17) is 0 Å². The van der Waals surface area contributed by atoms with Crippen molar-refractivity contribution in [1.82, 2.24) is 0 Å². The molecule has 0 aromatic carbocycles. The van der Waals surface area contributed by atoms with E-state index < -0.39 is 6.10 Å². The van der Waals surface area contributed by atoms with Crippen LogP contribution in [0.4, 0.5) is 0 Å². The third-order valence-corrected chi connectivity index (χ3v) is 0.950. The number of carbonyl (C=O) groups is 1. The Morgan fingerprint density at radius 1 is 1.62 bits per heavy atom. The van der Waals surface area contributed by atoms with E-state index in [1.165, 1.54) is 6.92 Å². The fourth-order valence-electron chi connectivity index (χ4n) is 0.450.